The molecule has 1 atom stereocenters. The quantitative estimate of drug-likeness (QED) is 0.805. The van der Waals surface area contributed by atoms with Crippen molar-refractivity contribution in [1.82, 2.24) is 10.6 Å². The van der Waals surface area contributed by atoms with Gasteiger partial charge in [0.25, 0.3) is 0 Å². The van der Waals surface area contributed by atoms with Gasteiger partial charge in [0.2, 0.25) is 0 Å². The summed E-state index contributed by atoms with van der Waals surface area (Å²) in [5, 5.41) is 6.90. The maximum absolute atomic E-state index is 12.7. The molecule has 2 rings (SSSR count). The predicted octanol–water partition coefficient (Wildman–Crippen LogP) is 2.38. The highest BCUT2D eigenvalue weighted by molar-refractivity contribution is 5.85. The van der Waals surface area contributed by atoms with Crippen LogP contribution in [0.25, 0.3) is 0 Å². The molecular formula is C14H22ClFN2. The van der Waals surface area contributed by atoms with Gasteiger partial charge >= 0.3 is 0 Å². The van der Waals surface area contributed by atoms with Gasteiger partial charge in [0.05, 0.1) is 0 Å². The van der Waals surface area contributed by atoms with Crippen LogP contribution in [-0.2, 0) is 6.42 Å². The number of benzene rings is 1. The van der Waals surface area contributed by atoms with Crippen molar-refractivity contribution in [2.75, 3.05) is 26.2 Å². The zero-order chi connectivity index (χ0) is 11.9. The summed E-state index contributed by atoms with van der Waals surface area (Å²) < 4.78 is 12.7. The number of rotatable bonds is 5. The lowest BCUT2D eigenvalue weighted by molar-refractivity contribution is 0.361. The smallest absolute Gasteiger partial charge is 0.123 e. The van der Waals surface area contributed by atoms with Crippen LogP contribution in [0.1, 0.15) is 18.4 Å². The normalized spacial score (nSPS) is 19.3. The van der Waals surface area contributed by atoms with Crippen LogP contribution in [0.15, 0.2) is 24.3 Å². The lowest BCUT2D eigenvalue weighted by atomic mass is 10.00. The average Bonchev–Trinajstić information content (AvgIpc) is 2.38. The molecular weight excluding hydrogens is 251 g/mol. The Morgan fingerprint density at radius 1 is 1.28 bits per heavy atom. The minimum atomic E-state index is -0.157. The molecule has 2 nitrogen and oxygen atoms in total. The fraction of sp³-hybridized carbons (Fsp3) is 0.571. The molecule has 0 aromatic heterocycles. The molecule has 0 saturated carbocycles. The van der Waals surface area contributed by atoms with Crippen molar-refractivity contribution < 1.29 is 4.39 Å². The van der Waals surface area contributed by atoms with Gasteiger partial charge in [-0.1, -0.05) is 12.1 Å². The van der Waals surface area contributed by atoms with Gasteiger partial charge in [-0.15, -0.1) is 12.4 Å². The zero-order valence-electron chi connectivity index (χ0n) is 10.6. The van der Waals surface area contributed by atoms with Gasteiger partial charge < -0.3 is 10.6 Å². The third kappa shape index (κ3) is 5.34. The fourth-order valence-corrected chi connectivity index (χ4v) is 2.29. The van der Waals surface area contributed by atoms with Crippen molar-refractivity contribution in [3.8, 4) is 0 Å². The Bertz CT molecular complexity index is 323. The van der Waals surface area contributed by atoms with Crippen molar-refractivity contribution in [2.24, 2.45) is 5.92 Å². The Balaban J connectivity index is 0.00000162. The standard InChI is InChI=1S/C14H21FN2.ClH/c15-14-5-3-12(4-6-14)7-9-17-11-13-2-1-8-16-10-13;/h3-6,13,16-17H,1-2,7-11H2;1H. The van der Waals surface area contributed by atoms with Gasteiger partial charge in [0.15, 0.2) is 0 Å². The SMILES string of the molecule is Cl.Fc1ccc(CCNCC2CCCNC2)cc1. The Morgan fingerprint density at radius 3 is 2.72 bits per heavy atom. The lowest BCUT2D eigenvalue weighted by Crippen LogP contribution is -2.36. The highest BCUT2D eigenvalue weighted by atomic mass is 35.5. The summed E-state index contributed by atoms with van der Waals surface area (Å²) in [6.07, 6.45) is 3.60. The van der Waals surface area contributed by atoms with Crippen molar-refractivity contribution in [1.29, 1.82) is 0 Å². The molecule has 2 N–H and O–H groups in total. The van der Waals surface area contributed by atoms with Gasteiger partial charge in [0, 0.05) is 0 Å². The summed E-state index contributed by atoms with van der Waals surface area (Å²) in [7, 11) is 0. The van der Waals surface area contributed by atoms with Gasteiger partial charge in [-0.25, -0.2) is 4.39 Å². The largest absolute Gasteiger partial charge is 0.316 e. The van der Waals surface area contributed by atoms with E-state index in [1.165, 1.54) is 37.1 Å². The van der Waals surface area contributed by atoms with Gasteiger partial charge in [-0.2, -0.15) is 0 Å². The monoisotopic (exact) mass is 272 g/mol. The lowest BCUT2D eigenvalue weighted by Gasteiger charge is -2.22. The second-order valence-electron chi connectivity index (χ2n) is 4.79. The van der Waals surface area contributed by atoms with Gasteiger partial charge in [-0.05, 0) is 69.1 Å². The molecule has 1 fully saturated rings. The van der Waals surface area contributed by atoms with Crippen LogP contribution in [0.4, 0.5) is 4.39 Å². The summed E-state index contributed by atoms with van der Waals surface area (Å²) in [5.74, 6) is 0.618. The Hall–Kier alpha value is -0.640. The van der Waals surface area contributed by atoms with Crippen molar-refractivity contribution in [3.63, 3.8) is 0 Å². The molecule has 18 heavy (non-hydrogen) atoms. The summed E-state index contributed by atoms with van der Waals surface area (Å²) in [5.41, 5.74) is 1.20. The first-order valence-corrected chi connectivity index (χ1v) is 6.50. The third-order valence-electron chi connectivity index (χ3n) is 3.34. The van der Waals surface area contributed by atoms with Crippen LogP contribution in [0.2, 0.25) is 0 Å². The van der Waals surface area contributed by atoms with E-state index < -0.39 is 0 Å². The van der Waals surface area contributed by atoms with Crippen LogP contribution in [-0.4, -0.2) is 26.2 Å². The molecule has 1 aliphatic heterocycles. The summed E-state index contributed by atoms with van der Waals surface area (Å²) in [4.78, 5) is 0. The van der Waals surface area contributed by atoms with Crippen LogP contribution < -0.4 is 10.6 Å². The van der Waals surface area contributed by atoms with E-state index in [0.29, 0.717) is 0 Å². The van der Waals surface area contributed by atoms with Crippen LogP contribution in [0.3, 0.4) is 0 Å². The first kappa shape index (κ1) is 15.4. The van der Waals surface area contributed by atoms with E-state index in [0.717, 1.165) is 32.0 Å². The molecule has 0 aliphatic carbocycles. The molecule has 1 heterocycles. The third-order valence-corrected chi connectivity index (χ3v) is 3.34. The number of nitrogens with one attached hydrogen (secondary N) is 2. The Labute approximate surface area is 115 Å². The molecule has 0 bridgehead atoms. The van der Waals surface area contributed by atoms with Crippen molar-refractivity contribution in [2.45, 2.75) is 19.3 Å². The van der Waals surface area contributed by atoms with E-state index >= 15 is 0 Å². The van der Waals surface area contributed by atoms with E-state index in [2.05, 4.69) is 10.6 Å². The van der Waals surface area contributed by atoms with E-state index in [9.17, 15) is 4.39 Å². The second kappa shape index (κ2) is 8.46. The average molecular weight is 273 g/mol. The number of hydrogen-bond acceptors (Lipinski definition) is 2. The molecule has 1 saturated heterocycles. The molecule has 1 aliphatic rings. The minimum Gasteiger partial charge on any atom is -0.316 e. The van der Waals surface area contributed by atoms with E-state index in [1.807, 2.05) is 12.1 Å². The second-order valence-corrected chi connectivity index (χ2v) is 4.79. The van der Waals surface area contributed by atoms with Crippen LogP contribution >= 0.6 is 12.4 Å². The first-order valence-electron chi connectivity index (χ1n) is 6.50. The van der Waals surface area contributed by atoms with E-state index in [4.69, 9.17) is 0 Å². The van der Waals surface area contributed by atoms with E-state index in [1.54, 1.807) is 0 Å². The molecule has 0 radical (unpaired) electrons. The Morgan fingerprint density at radius 2 is 2.06 bits per heavy atom. The molecule has 102 valence electrons. The molecule has 1 aromatic carbocycles. The predicted molar refractivity (Wildman–Crippen MR) is 75.8 cm³/mol. The van der Waals surface area contributed by atoms with Gasteiger partial charge in [0.1, 0.15) is 5.82 Å². The zero-order valence-corrected chi connectivity index (χ0v) is 11.4. The van der Waals surface area contributed by atoms with Crippen molar-refractivity contribution >= 4 is 12.4 Å². The number of halogens is 2. The number of hydrogen-bond donors (Lipinski definition) is 2. The fourth-order valence-electron chi connectivity index (χ4n) is 2.29. The molecule has 0 spiro atoms. The topological polar surface area (TPSA) is 24.1 Å². The van der Waals surface area contributed by atoms with Crippen LogP contribution in [0.5, 0.6) is 0 Å². The molecule has 0 amide bonds. The van der Waals surface area contributed by atoms with Gasteiger partial charge in [-0.3, -0.25) is 0 Å². The summed E-state index contributed by atoms with van der Waals surface area (Å²) >= 11 is 0. The minimum absolute atomic E-state index is 0. The summed E-state index contributed by atoms with van der Waals surface area (Å²) in [6.45, 7) is 4.38. The Kier molecular flexibility index (Phi) is 7.25. The molecule has 1 unspecified atom stereocenters. The highest BCUT2D eigenvalue weighted by Gasteiger charge is 2.11. The number of piperidine rings is 1. The van der Waals surface area contributed by atoms with Crippen LogP contribution in [0, 0.1) is 11.7 Å². The molecule has 1 aromatic rings. The van der Waals surface area contributed by atoms with Crippen molar-refractivity contribution in [3.05, 3.63) is 35.6 Å². The summed E-state index contributed by atoms with van der Waals surface area (Å²) in [6, 6.07) is 6.78. The molecule has 4 heteroatoms. The maximum atomic E-state index is 12.7. The van der Waals surface area contributed by atoms with E-state index in [-0.39, 0.29) is 18.2 Å². The maximum Gasteiger partial charge on any atom is 0.123 e. The highest BCUT2D eigenvalue weighted by Crippen LogP contribution is 2.08. The first-order chi connectivity index (χ1) is 8.34.